The van der Waals surface area contributed by atoms with E-state index in [0.717, 1.165) is 0 Å². The van der Waals surface area contributed by atoms with Crippen molar-refractivity contribution in [1.29, 1.82) is 0 Å². The van der Waals surface area contributed by atoms with Crippen LogP contribution in [-0.2, 0) is 4.79 Å². The zero-order chi connectivity index (χ0) is 15.2. The van der Waals surface area contributed by atoms with Gasteiger partial charge in [-0.15, -0.1) is 0 Å². The molecule has 0 saturated carbocycles. The average molecular weight is 312 g/mol. The average Bonchev–Trinajstić information content (AvgIpc) is 2.45. The zero-order valence-corrected chi connectivity index (χ0v) is 11.7. The molecule has 2 aromatic rings. The van der Waals surface area contributed by atoms with Crippen LogP contribution >= 0.6 is 11.6 Å². The fourth-order valence-corrected chi connectivity index (χ4v) is 1.77. The monoisotopic (exact) mass is 311 g/mol. The number of ether oxygens (including phenoxy) is 1. The molecular weight excluding hydrogens is 300 g/mol. The molecule has 0 saturated heterocycles. The van der Waals surface area contributed by atoms with Crippen molar-refractivity contribution >= 4 is 23.2 Å². The van der Waals surface area contributed by atoms with E-state index in [1.807, 2.05) is 0 Å². The maximum atomic E-state index is 13.0. The van der Waals surface area contributed by atoms with Crippen LogP contribution in [0.3, 0.4) is 0 Å². The molecule has 0 aliphatic heterocycles. The molecule has 0 bridgehead atoms. The predicted molar refractivity (Wildman–Crippen MR) is 76.6 cm³/mol. The van der Waals surface area contributed by atoms with E-state index in [1.165, 1.54) is 42.5 Å². The Kier molecular flexibility index (Phi) is 5.11. The first-order chi connectivity index (χ1) is 10.0. The van der Waals surface area contributed by atoms with Gasteiger partial charge in [0.2, 0.25) is 5.91 Å². The number of rotatable bonds is 5. The van der Waals surface area contributed by atoms with E-state index in [2.05, 4.69) is 5.32 Å². The van der Waals surface area contributed by atoms with E-state index in [-0.39, 0.29) is 29.8 Å². The third-order valence-corrected chi connectivity index (χ3v) is 2.90. The van der Waals surface area contributed by atoms with Gasteiger partial charge in [-0.1, -0.05) is 11.6 Å². The van der Waals surface area contributed by atoms with Crippen LogP contribution < -0.4 is 10.1 Å². The zero-order valence-electron chi connectivity index (χ0n) is 10.9. The van der Waals surface area contributed by atoms with Crippen LogP contribution in [0.1, 0.15) is 6.42 Å². The van der Waals surface area contributed by atoms with Gasteiger partial charge in [0.15, 0.2) is 0 Å². The molecule has 0 radical (unpaired) electrons. The van der Waals surface area contributed by atoms with Crippen molar-refractivity contribution in [3.63, 3.8) is 0 Å². The van der Waals surface area contributed by atoms with Gasteiger partial charge in [0.05, 0.1) is 18.1 Å². The van der Waals surface area contributed by atoms with Crippen molar-refractivity contribution in [2.24, 2.45) is 0 Å². The standard InChI is InChI=1S/C15H12ClF2NO2/c16-13-9-11(3-6-14(13)18)19-15(20)7-8-21-12-4-1-10(17)2-5-12/h1-6,9H,7-8H2,(H,19,20). The summed E-state index contributed by atoms with van der Waals surface area (Å²) in [5, 5.41) is 2.52. The van der Waals surface area contributed by atoms with Crippen molar-refractivity contribution in [2.75, 3.05) is 11.9 Å². The Bertz CT molecular complexity index is 632. The lowest BCUT2D eigenvalue weighted by Crippen LogP contribution is -2.15. The minimum atomic E-state index is -0.547. The molecule has 0 spiro atoms. The summed E-state index contributed by atoms with van der Waals surface area (Å²) in [6.45, 7) is 0.145. The Morgan fingerprint density at radius 2 is 1.86 bits per heavy atom. The molecular formula is C15H12ClF2NO2. The van der Waals surface area contributed by atoms with Crippen LogP contribution in [-0.4, -0.2) is 12.5 Å². The molecule has 0 aliphatic carbocycles. The molecule has 6 heteroatoms. The second kappa shape index (κ2) is 7.04. The van der Waals surface area contributed by atoms with Gasteiger partial charge in [-0.3, -0.25) is 4.79 Å². The summed E-state index contributed by atoms with van der Waals surface area (Å²) in [7, 11) is 0. The lowest BCUT2D eigenvalue weighted by Gasteiger charge is -2.07. The second-order valence-corrected chi connectivity index (χ2v) is 4.64. The Morgan fingerprint density at radius 1 is 1.14 bits per heavy atom. The number of nitrogens with one attached hydrogen (secondary N) is 1. The largest absolute Gasteiger partial charge is 0.493 e. The minimum Gasteiger partial charge on any atom is -0.493 e. The van der Waals surface area contributed by atoms with Crippen molar-refractivity contribution in [1.82, 2.24) is 0 Å². The number of hydrogen-bond donors (Lipinski definition) is 1. The first-order valence-corrected chi connectivity index (χ1v) is 6.55. The maximum Gasteiger partial charge on any atom is 0.227 e. The molecule has 3 nitrogen and oxygen atoms in total. The van der Waals surface area contributed by atoms with Crippen molar-refractivity contribution in [3.05, 3.63) is 59.1 Å². The molecule has 0 fully saturated rings. The smallest absolute Gasteiger partial charge is 0.227 e. The highest BCUT2D eigenvalue weighted by Crippen LogP contribution is 2.19. The van der Waals surface area contributed by atoms with E-state index in [4.69, 9.17) is 16.3 Å². The normalized spacial score (nSPS) is 10.2. The number of hydrogen-bond acceptors (Lipinski definition) is 2. The summed E-state index contributed by atoms with van der Waals surface area (Å²) < 4.78 is 30.9. The number of benzene rings is 2. The van der Waals surface area contributed by atoms with Crippen molar-refractivity contribution < 1.29 is 18.3 Å². The fourth-order valence-electron chi connectivity index (χ4n) is 1.59. The first-order valence-electron chi connectivity index (χ1n) is 6.18. The molecule has 1 amide bonds. The topological polar surface area (TPSA) is 38.3 Å². The van der Waals surface area contributed by atoms with Gasteiger partial charge in [-0.05, 0) is 42.5 Å². The number of carbonyl (C=O) groups is 1. The molecule has 1 N–H and O–H groups in total. The van der Waals surface area contributed by atoms with Crippen LogP contribution in [0.5, 0.6) is 5.75 Å². The van der Waals surface area contributed by atoms with E-state index in [1.54, 1.807) is 0 Å². The van der Waals surface area contributed by atoms with Gasteiger partial charge < -0.3 is 10.1 Å². The highest BCUT2D eigenvalue weighted by Gasteiger charge is 2.06. The highest BCUT2D eigenvalue weighted by molar-refractivity contribution is 6.31. The first kappa shape index (κ1) is 15.3. The van der Waals surface area contributed by atoms with E-state index in [0.29, 0.717) is 11.4 Å². The third-order valence-electron chi connectivity index (χ3n) is 2.61. The number of carbonyl (C=O) groups excluding carboxylic acids is 1. The summed E-state index contributed by atoms with van der Waals surface area (Å²) in [5.41, 5.74) is 0.410. The Labute approximate surface area is 125 Å². The Morgan fingerprint density at radius 3 is 2.52 bits per heavy atom. The second-order valence-electron chi connectivity index (χ2n) is 4.23. The Hall–Kier alpha value is -2.14. The lowest BCUT2D eigenvalue weighted by atomic mass is 10.3. The highest BCUT2D eigenvalue weighted by atomic mass is 35.5. The van der Waals surface area contributed by atoms with E-state index in [9.17, 15) is 13.6 Å². The third kappa shape index (κ3) is 4.72. The molecule has 0 aromatic heterocycles. The SMILES string of the molecule is O=C(CCOc1ccc(F)cc1)Nc1ccc(F)c(Cl)c1. The van der Waals surface area contributed by atoms with Crippen molar-refractivity contribution in [3.8, 4) is 5.75 Å². The summed E-state index contributed by atoms with van der Waals surface area (Å²) in [6.07, 6.45) is 0.104. The molecule has 0 heterocycles. The fraction of sp³-hybridized carbons (Fsp3) is 0.133. The van der Waals surface area contributed by atoms with Gasteiger partial charge in [-0.25, -0.2) is 8.78 Å². The molecule has 2 aromatic carbocycles. The van der Waals surface area contributed by atoms with Gasteiger partial charge in [0.25, 0.3) is 0 Å². The van der Waals surface area contributed by atoms with Crippen LogP contribution in [0.4, 0.5) is 14.5 Å². The number of halogens is 3. The van der Waals surface area contributed by atoms with Gasteiger partial charge in [0, 0.05) is 5.69 Å². The summed E-state index contributed by atoms with van der Waals surface area (Å²) in [4.78, 5) is 11.7. The van der Waals surface area contributed by atoms with E-state index < -0.39 is 5.82 Å². The van der Waals surface area contributed by atoms with Crippen LogP contribution in [0.15, 0.2) is 42.5 Å². The van der Waals surface area contributed by atoms with Crippen molar-refractivity contribution in [2.45, 2.75) is 6.42 Å². The predicted octanol–water partition coefficient (Wildman–Crippen LogP) is 4.03. The quantitative estimate of drug-likeness (QED) is 0.905. The number of anilines is 1. The van der Waals surface area contributed by atoms with Gasteiger partial charge in [-0.2, -0.15) is 0 Å². The molecule has 0 aliphatic rings. The summed E-state index contributed by atoms with van der Waals surface area (Å²) in [6, 6.07) is 9.42. The Balaban J connectivity index is 1.79. The maximum absolute atomic E-state index is 13.0. The van der Waals surface area contributed by atoms with E-state index >= 15 is 0 Å². The molecule has 0 unspecified atom stereocenters. The number of amides is 1. The van der Waals surface area contributed by atoms with Gasteiger partial charge >= 0.3 is 0 Å². The molecule has 21 heavy (non-hydrogen) atoms. The summed E-state index contributed by atoms with van der Waals surface area (Å²) >= 11 is 5.61. The lowest BCUT2D eigenvalue weighted by molar-refractivity contribution is -0.116. The van der Waals surface area contributed by atoms with Crippen LogP contribution in [0.2, 0.25) is 5.02 Å². The molecule has 0 atom stereocenters. The van der Waals surface area contributed by atoms with Crippen LogP contribution in [0, 0.1) is 11.6 Å². The minimum absolute atomic E-state index is 0.0598. The van der Waals surface area contributed by atoms with Gasteiger partial charge in [0.1, 0.15) is 17.4 Å². The summed E-state index contributed by atoms with van der Waals surface area (Å²) in [5.74, 6) is -0.712. The molecule has 2 rings (SSSR count). The van der Waals surface area contributed by atoms with Crippen LogP contribution in [0.25, 0.3) is 0 Å². The molecule has 110 valence electrons.